The summed E-state index contributed by atoms with van der Waals surface area (Å²) in [5.74, 6) is 0.0481. The summed E-state index contributed by atoms with van der Waals surface area (Å²) >= 11 is 1.13. The second kappa shape index (κ2) is 6.44. The first kappa shape index (κ1) is 15.8. The SMILES string of the molecule is C=CCN1C(=O)CS/C1=N\S(=O)(=O)c1ccc(CC)cc1. The predicted molar refractivity (Wildman–Crippen MR) is 84.8 cm³/mol. The summed E-state index contributed by atoms with van der Waals surface area (Å²) in [4.78, 5) is 13.1. The lowest BCUT2D eigenvalue weighted by Gasteiger charge is -2.12. The maximum absolute atomic E-state index is 12.3. The molecule has 1 heterocycles. The molecule has 1 fully saturated rings. The molecule has 0 aromatic heterocycles. The molecule has 0 bridgehead atoms. The van der Waals surface area contributed by atoms with Gasteiger partial charge in [0.1, 0.15) is 0 Å². The Bertz CT molecular complexity index is 679. The Morgan fingerprint density at radius 2 is 2.05 bits per heavy atom. The number of rotatable bonds is 5. The monoisotopic (exact) mass is 324 g/mol. The molecule has 5 nitrogen and oxygen atoms in total. The molecule has 0 unspecified atom stereocenters. The highest BCUT2D eigenvalue weighted by Gasteiger charge is 2.29. The molecule has 1 aromatic carbocycles. The predicted octanol–water partition coefficient (Wildman–Crippen LogP) is 2.06. The minimum Gasteiger partial charge on any atom is -0.286 e. The molecule has 0 saturated carbocycles. The summed E-state index contributed by atoms with van der Waals surface area (Å²) in [6.07, 6.45) is 2.38. The van der Waals surface area contributed by atoms with Gasteiger partial charge in [-0.3, -0.25) is 9.69 Å². The number of aryl methyl sites for hydroxylation is 1. The molecule has 0 spiro atoms. The lowest BCUT2D eigenvalue weighted by Crippen LogP contribution is -2.30. The lowest BCUT2D eigenvalue weighted by molar-refractivity contribution is -0.123. The van der Waals surface area contributed by atoms with E-state index in [2.05, 4.69) is 11.0 Å². The van der Waals surface area contributed by atoms with E-state index in [9.17, 15) is 13.2 Å². The zero-order valence-electron chi connectivity index (χ0n) is 11.7. The van der Waals surface area contributed by atoms with E-state index in [-0.39, 0.29) is 28.3 Å². The molecular weight excluding hydrogens is 308 g/mol. The smallest absolute Gasteiger partial charge is 0.284 e. The first-order chi connectivity index (χ1) is 9.97. The number of carbonyl (C=O) groups excluding carboxylic acids is 1. The van der Waals surface area contributed by atoms with Crippen molar-refractivity contribution in [2.75, 3.05) is 12.3 Å². The molecule has 7 heteroatoms. The molecule has 21 heavy (non-hydrogen) atoms. The second-order valence-electron chi connectivity index (χ2n) is 4.43. The van der Waals surface area contributed by atoms with Crippen LogP contribution in [-0.4, -0.2) is 36.7 Å². The fourth-order valence-corrected chi connectivity index (χ4v) is 3.96. The normalized spacial score (nSPS) is 17.5. The number of benzene rings is 1. The van der Waals surface area contributed by atoms with Gasteiger partial charge in [0.25, 0.3) is 10.0 Å². The Morgan fingerprint density at radius 1 is 1.38 bits per heavy atom. The van der Waals surface area contributed by atoms with Crippen molar-refractivity contribution < 1.29 is 13.2 Å². The Morgan fingerprint density at radius 3 is 2.62 bits per heavy atom. The number of amides is 1. The Kier molecular flexibility index (Phi) is 4.84. The number of nitrogens with zero attached hydrogens (tertiary/aromatic N) is 2. The summed E-state index contributed by atoms with van der Waals surface area (Å²) in [5.41, 5.74) is 1.06. The largest absolute Gasteiger partial charge is 0.286 e. The van der Waals surface area contributed by atoms with E-state index in [1.54, 1.807) is 18.2 Å². The van der Waals surface area contributed by atoms with E-state index in [0.29, 0.717) is 0 Å². The number of hydrogen-bond acceptors (Lipinski definition) is 4. The second-order valence-corrected chi connectivity index (χ2v) is 6.97. The quantitative estimate of drug-likeness (QED) is 0.778. The molecule has 1 aliphatic heterocycles. The van der Waals surface area contributed by atoms with Gasteiger partial charge in [-0.15, -0.1) is 11.0 Å². The van der Waals surface area contributed by atoms with Gasteiger partial charge in [-0.1, -0.05) is 36.9 Å². The van der Waals surface area contributed by atoms with Crippen LogP contribution >= 0.6 is 11.8 Å². The molecule has 0 N–H and O–H groups in total. The van der Waals surface area contributed by atoms with Gasteiger partial charge in [0.05, 0.1) is 10.6 Å². The van der Waals surface area contributed by atoms with Crippen LogP contribution in [0.1, 0.15) is 12.5 Å². The van der Waals surface area contributed by atoms with Crippen LogP contribution in [0.3, 0.4) is 0 Å². The first-order valence-electron chi connectivity index (χ1n) is 6.46. The Labute approximate surface area is 128 Å². The molecule has 1 amide bonds. The van der Waals surface area contributed by atoms with Gasteiger partial charge in [0, 0.05) is 6.54 Å². The fourth-order valence-electron chi connectivity index (χ4n) is 1.83. The van der Waals surface area contributed by atoms with Crippen molar-refractivity contribution in [3.05, 3.63) is 42.5 Å². The van der Waals surface area contributed by atoms with Crippen LogP contribution in [0.2, 0.25) is 0 Å². The van der Waals surface area contributed by atoms with E-state index in [4.69, 9.17) is 0 Å². The topological polar surface area (TPSA) is 66.8 Å². The van der Waals surface area contributed by atoms with E-state index < -0.39 is 10.0 Å². The van der Waals surface area contributed by atoms with Crippen LogP contribution in [0.25, 0.3) is 0 Å². The number of amidine groups is 1. The van der Waals surface area contributed by atoms with Gasteiger partial charge in [-0.05, 0) is 24.1 Å². The summed E-state index contributed by atoms with van der Waals surface area (Å²) in [7, 11) is -3.80. The molecule has 1 saturated heterocycles. The van der Waals surface area contributed by atoms with Crippen molar-refractivity contribution in [3.8, 4) is 0 Å². The molecule has 0 radical (unpaired) electrons. The molecule has 112 valence electrons. The maximum Gasteiger partial charge on any atom is 0.284 e. The average Bonchev–Trinajstić information content (AvgIpc) is 2.80. The van der Waals surface area contributed by atoms with Gasteiger partial charge in [0.2, 0.25) is 5.91 Å². The van der Waals surface area contributed by atoms with Gasteiger partial charge < -0.3 is 0 Å². The molecule has 1 aliphatic rings. The lowest BCUT2D eigenvalue weighted by atomic mass is 10.2. The van der Waals surface area contributed by atoms with Crippen molar-refractivity contribution in [3.63, 3.8) is 0 Å². The van der Waals surface area contributed by atoms with Gasteiger partial charge >= 0.3 is 0 Å². The molecule has 2 rings (SSSR count). The minimum absolute atomic E-state index is 0.130. The minimum atomic E-state index is -3.80. The summed E-state index contributed by atoms with van der Waals surface area (Å²) in [5, 5.41) is 0.208. The Balaban J connectivity index is 2.32. The molecular formula is C14H16N2O3S2. The zero-order chi connectivity index (χ0) is 15.5. The molecule has 1 aromatic rings. The van der Waals surface area contributed by atoms with Crippen LogP contribution in [0.15, 0.2) is 46.2 Å². The van der Waals surface area contributed by atoms with E-state index in [0.717, 1.165) is 23.7 Å². The van der Waals surface area contributed by atoms with Gasteiger partial charge in [-0.25, -0.2) is 0 Å². The van der Waals surface area contributed by atoms with Crippen LogP contribution in [0.4, 0.5) is 0 Å². The third-order valence-corrected chi connectivity index (χ3v) is 5.35. The summed E-state index contributed by atoms with van der Waals surface area (Å²) in [6.45, 7) is 5.82. The number of carbonyl (C=O) groups is 1. The zero-order valence-corrected chi connectivity index (χ0v) is 13.3. The molecule has 0 atom stereocenters. The van der Waals surface area contributed by atoms with Gasteiger partial charge in [0.15, 0.2) is 5.17 Å². The van der Waals surface area contributed by atoms with E-state index >= 15 is 0 Å². The highest BCUT2D eigenvalue weighted by Crippen LogP contribution is 2.23. The van der Waals surface area contributed by atoms with Crippen LogP contribution in [0, 0.1) is 0 Å². The molecule has 0 aliphatic carbocycles. The number of sulfonamides is 1. The van der Waals surface area contributed by atoms with Crippen molar-refractivity contribution >= 4 is 32.9 Å². The third kappa shape index (κ3) is 3.54. The third-order valence-electron chi connectivity index (χ3n) is 3.00. The van der Waals surface area contributed by atoms with Gasteiger partial charge in [-0.2, -0.15) is 8.42 Å². The van der Waals surface area contributed by atoms with Crippen LogP contribution in [0.5, 0.6) is 0 Å². The van der Waals surface area contributed by atoms with Crippen molar-refractivity contribution in [2.24, 2.45) is 4.40 Å². The Hall–Kier alpha value is -1.60. The van der Waals surface area contributed by atoms with E-state index in [1.165, 1.54) is 17.0 Å². The summed E-state index contributed by atoms with van der Waals surface area (Å²) in [6, 6.07) is 6.61. The standard InChI is InChI=1S/C14H16N2O3S2/c1-3-9-16-13(17)10-20-14(16)15-21(18,19)12-7-5-11(4-2)6-8-12/h3,5-8H,1,4,9-10H2,2H3/b15-14-. The van der Waals surface area contributed by atoms with Crippen LogP contribution in [-0.2, 0) is 21.2 Å². The van der Waals surface area contributed by atoms with Crippen molar-refractivity contribution in [1.82, 2.24) is 4.90 Å². The fraction of sp³-hybridized carbons (Fsp3) is 0.286. The maximum atomic E-state index is 12.3. The average molecular weight is 324 g/mol. The van der Waals surface area contributed by atoms with Crippen molar-refractivity contribution in [2.45, 2.75) is 18.2 Å². The number of thioether (sulfide) groups is 1. The van der Waals surface area contributed by atoms with E-state index in [1.807, 2.05) is 6.92 Å². The van der Waals surface area contributed by atoms with Crippen molar-refractivity contribution in [1.29, 1.82) is 0 Å². The van der Waals surface area contributed by atoms with Crippen LogP contribution < -0.4 is 0 Å². The highest BCUT2D eigenvalue weighted by molar-refractivity contribution is 8.15. The number of hydrogen-bond donors (Lipinski definition) is 0. The highest BCUT2D eigenvalue weighted by atomic mass is 32.2. The summed E-state index contributed by atoms with van der Waals surface area (Å²) < 4.78 is 28.4. The first-order valence-corrected chi connectivity index (χ1v) is 8.88.